The maximum Gasteiger partial charge on any atom is 0.166 e. The van der Waals surface area contributed by atoms with E-state index in [1.54, 1.807) is 6.20 Å². The Morgan fingerprint density at radius 3 is 2.67 bits per heavy atom. The largest absolute Gasteiger partial charge is 0.299 e. The SMILES string of the molecule is Cc1ccc(CC(=O)Cc2ncc(Cl)s2)c(C(=O)C2CCCC2)c1. The van der Waals surface area contributed by atoms with E-state index in [1.165, 1.54) is 11.3 Å². The van der Waals surface area contributed by atoms with Crippen LogP contribution in [0.5, 0.6) is 0 Å². The number of hydrogen-bond acceptors (Lipinski definition) is 4. The van der Waals surface area contributed by atoms with Crippen molar-refractivity contribution in [2.24, 2.45) is 5.92 Å². The molecule has 1 aliphatic rings. The molecule has 5 heteroatoms. The van der Waals surface area contributed by atoms with Gasteiger partial charge in [0.15, 0.2) is 5.78 Å². The molecule has 1 aromatic carbocycles. The smallest absolute Gasteiger partial charge is 0.166 e. The maximum atomic E-state index is 12.8. The Bertz CT molecular complexity index is 762. The van der Waals surface area contributed by atoms with E-state index in [4.69, 9.17) is 11.6 Å². The van der Waals surface area contributed by atoms with Gasteiger partial charge in [0.25, 0.3) is 0 Å². The first-order chi connectivity index (χ1) is 11.5. The van der Waals surface area contributed by atoms with Crippen molar-refractivity contribution in [1.29, 1.82) is 0 Å². The summed E-state index contributed by atoms with van der Waals surface area (Å²) < 4.78 is 0.588. The summed E-state index contributed by atoms with van der Waals surface area (Å²) in [7, 11) is 0. The lowest BCUT2D eigenvalue weighted by molar-refractivity contribution is -0.117. The topological polar surface area (TPSA) is 47.0 Å². The normalized spacial score (nSPS) is 14.9. The lowest BCUT2D eigenvalue weighted by Gasteiger charge is -2.13. The van der Waals surface area contributed by atoms with Gasteiger partial charge >= 0.3 is 0 Å². The molecule has 3 rings (SSSR count). The second-order valence-corrected chi connectivity index (χ2v) is 8.20. The van der Waals surface area contributed by atoms with Crippen LogP contribution in [0.15, 0.2) is 24.4 Å². The standard InChI is InChI=1S/C19H20ClNO2S/c1-12-6-7-14(9-15(22)10-18-21-11-17(20)24-18)16(8-12)19(23)13-4-2-3-5-13/h6-8,11,13H,2-5,9-10H2,1H3. The average molecular weight is 362 g/mol. The first-order valence-corrected chi connectivity index (χ1v) is 9.48. The van der Waals surface area contributed by atoms with Crippen molar-refractivity contribution in [3.63, 3.8) is 0 Å². The van der Waals surface area contributed by atoms with Crippen molar-refractivity contribution in [1.82, 2.24) is 4.98 Å². The Hall–Kier alpha value is -1.52. The summed E-state index contributed by atoms with van der Waals surface area (Å²) in [6.45, 7) is 1.98. The number of rotatable bonds is 6. The van der Waals surface area contributed by atoms with Crippen molar-refractivity contribution < 1.29 is 9.59 Å². The zero-order valence-corrected chi connectivity index (χ0v) is 15.3. The predicted octanol–water partition coefficient (Wildman–Crippen LogP) is 4.83. The van der Waals surface area contributed by atoms with Crippen LogP contribution in [0, 0.1) is 12.8 Å². The third-order valence-electron chi connectivity index (χ3n) is 4.52. The molecular formula is C19H20ClNO2S. The number of thiazole rings is 1. The van der Waals surface area contributed by atoms with Gasteiger partial charge in [-0.05, 0) is 31.4 Å². The molecular weight excluding hydrogens is 342 g/mol. The van der Waals surface area contributed by atoms with E-state index in [1.807, 2.05) is 25.1 Å². The summed E-state index contributed by atoms with van der Waals surface area (Å²) >= 11 is 7.19. The van der Waals surface area contributed by atoms with E-state index < -0.39 is 0 Å². The van der Waals surface area contributed by atoms with Gasteiger partial charge in [-0.1, -0.05) is 42.1 Å². The highest BCUT2D eigenvalue weighted by molar-refractivity contribution is 7.15. The highest BCUT2D eigenvalue weighted by atomic mass is 35.5. The first kappa shape index (κ1) is 17.3. The van der Waals surface area contributed by atoms with Gasteiger partial charge in [-0.15, -0.1) is 11.3 Å². The molecule has 0 saturated heterocycles. The van der Waals surface area contributed by atoms with Gasteiger partial charge in [-0.2, -0.15) is 0 Å². The molecule has 0 spiro atoms. The summed E-state index contributed by atoms with van der Waals surface area (Å²) in [6, 6.07) is 5.82. The van der Waals surface area contributed by atoms with E-state index in [0.717, 1.165) is 47.4 Å². The molecule has 0 N–H and O–H groups in total. The van der Waals surface area contributed by atoms with Crippen LogP contribution in [-0.2, 0) is 17.6 Å². The summed E-state index contributed by atoms with van der Waals surface area (Å²) in [5.74, 6) is 0.389. The second kappa shape index (κ2) is 7.58. The quantitative estimate of drug-likeness (QED) is 0.692. The van der Waals surface area contributed by atoms with E-state index >= 15 is 0 Å². The van der Waals surface area contributed by atoms with Gasteiger partial charge in [0, 0.05) is 17.9 Å². The summed E-state index contributed by atoms with van der Waals surface area (Å²) in [6.07, 6.45) is 6.29. The zero-order chi connectivity index (χ0) is 17.1. The number of aryl methyl sites for hydroxylation is 1. The number of benzene rings is 1. The lowest BCUT2D eigenvalue weighted by atomic mass is 9.90. The van der Waals surface area contributed by atoms with Gasteiger partial charge in [0.1, 0.15) is 15.1 Å². The minimum atomic E-state index is 0.0605. The van der Waals surface area contributed by atoms with Gasteiger partial charge in [-0.3, -0.25) is 9.59 Å². The van der Waals surface area contributed by atoms with Crippen LogP contribution in [-0.4, -0.2) is 16.6 Å². The van der Waals surface area contributed by atoms with Crippen molar-refractivity contribution in [2.75, 3.05) is 0 Å². The third kappa shape index (κ3) is 4.11. The predicted molar refractivity (Wildman–Crippen MR) is 97.0 cm³/mol. The molecule has 0 aliphatic heterocycles. The van der Waals surface area contributed by atoms with E-state index in [9.17, 15) is 9.59 Å². The van der Waals surface area contributed by atoms with Crippen molar-refractivity contribution in [2.45, 2.75) is 45.4 Å². The zero-order valence-electron chi connectivity index (χ0n) is 13.7. The molecule has 1 aromatic heterocycles. The number of Topliss-reactive ketones (excluding diaryl/α,β-unsaturated/α-hetero) is 2. The summed E-state index contributed by atoms with van der Waals surface area (Å²) in [5, 5.41) is 0.723. The van der Waals surface area contributed by atoms with Gasteiger partial charge < -0.3 is 0 Å². The van der Waals surface area contributed by atoms with Crippen LogP contribution < -0.4 is 0 Å². The Kier molecular flexibility index (Phi) is 5.47. The molecule has 1 heterocycles. The van der Waals surface area contributed by atoms with Crippen LogP contribution in [0.2, 0.25) is 4.34 Å². The Morgan fingerprint density at radius 1 is 1.25 bits per heavy atom. The number of ketones is 2. The molecule has 0 bridgehead atoms. The average Bonchev–Trinajstić information content (AvgIpc) is 3.20. The molecule has 1 saturated carbocycles. The van der Waals surface area contributed by atoms with Crippen molar-refractivity contribution in [3.05, 3.63) is 50.4 Å². The van der Waals surface area contributed by atoms with Crippen molar-refractivity contribution >= 4 is 34.5 Å². The highest BCUT2D eigenvalue weighted by Crippen LogP contribution is 2.30. The lowest BCUT2D eigenvalue weighted by Crippen LogP contribution is -2.16. The minimum absolute atomic E-state index is 0.0605. The van der Waals surface area contributed by atoms with Gasteiger partial charge in [0.2, 0.25) is 0 Å². The highest BCUT2D eigenvalue weighted by Gasteiger charge is 2.26. The first-order valence-electron chi connectivity index (χ1n) is 8.28. The number of carbonyl (C=O) groups excluding carboxylic acids is 2. The van der Waals surface area contributed by atoms with Gasteiger partial charge in [-0.25, -0.2) is 4.98 Å². The molecule has 0 amide bonds. The molecule has 126 valence electrons. The Morgan fingerprint density at radius 2 is 2.00 bits per heavy atom. The molecule has 1 fully saturated rings. The van der Waals surface area contributed by atoms with E-state index in [0.29, 0.717) is 4.34 Å². The van der Waals surface area contributed by atoms with Crippen LogP contribution in [0.25, 0.3) is 0 Å². The van der Waals surface area contributed by atoms with Crippen molar-refractivity contribution in [3.8, 4) is 0 Å². The number of carbonyl (C=O) groups is 2. The molecule has 2 aromatic rings. The van der Waals surface area contributed by atoms with Gasteiger partial charge in [0.05, 0.1) is 12.6 Å². The monoisotopic (exact) mass is 361 g/mol. The molecule has 0 radical (unpaired) electrons. The van der Waals surface area contributed by atoms with Crippen LogP contribution in [0.1, 0.15) is 52.2 Å². The van der Waals surface area contributed by atoms with Crippen LogP contribution >= 0.6 is 22.9 Å². The Labute approximate surface area is 151 Å². The number of nitrogens with zero attached hydrogens (tertiary/aromatic N) is 1. The summed E-state index contributed by atoms with van der Waals surface area (Å²) in [4.78, 5) is 29.3. The van der Waals surface area contributed by atoms with Crippen LogP contribution in [0.4, 0.5) is 0 Å². The molecule has 3 nitrogen and oxygen atoms in total. The number of hydrogen-bond donors (Lipinski definition) is 0. The maximum absolute atomic E-state index is 12.8. The summed E-state index contributed by atoms with van der Waals surface area (Å²) in [5.41, 5.74) is 2.62. The molecule has 0 unspecified atom stereocenters. The minimum Gasteiger partial charge on any atom is -0.299 e. The molecule has 1 aliphatic carbocycles. The Balaban J connectivity index is 1.77. The number of halogens is 1. The van der Waals surface area contributed by atoms with E-state index in [-0.39, 0.29) is 30.3 Å². The fourth-order valence-corrected chi connectivity index (χ4v) is 4.28. The fraction of sp³-hybridized carbons (Fsp3) is 0.421. The third-order valence-corrected chi connectivity index (χ3v) is 5.63. The second-order valence-electron chi connectivity index (χ2n) is 6.46. The number of aromatic nitrogens is 1. The molecule has 24 heavy (non-hydrogen) atoms. The van der Waals surface area contributed by atoms with E-state index in [2.05, 4.69) is 4.98 Å². The molecule has 0 atom stereocenters. The van der Waals surface area contributed by atoms with Crippen LogP contribution in [0.3, 0.4) is 0 Å². The fourth-order valence-electron chi connectivity index (χ4n) is 3.30.